The van der Waals surface area contributed by atoms with Crippen LogP contribution in [-0.4, -0.2) is 59.2 Å². The third-order valence-electron chi connectivity index (χ3n) is 4.58. The Kier molecular flexibility index (Phi) is 6.40. The number of esters is 1. The molecule has 168 valence electrons. The maximum Gasteiger partial charge on any atom is 0.369 e. The minimum atomic E-state index is -3.74. The predicted molar refractivity (Wildman–Crippen MR) is 117 cm³/mol. The minimum Gasteiger partial charge on any atom is -0.495 e. The van der Waals surface area contributed by atoms with Crippen molar-refractivity contribution >= 4 is 32.1 Å². The lowest BCUT2D eigenvalue weighted by Crippen LogP contribution is -2.23. The number of hydrogen-bond acceptors (Lipinski definition) is 9. The van der Waals surface area contributed by atoms with Gasteiger partial charge < -0.3 is 14.6 Å². The van der Waals surface area contributed by atoms with Crippen molar-refractivity contribution in [1.29, 1.82) is 0 Å². The number of hydrogen-bond donors (Lipinski definition) is 1. The molecular weight excluding hydrogens is 442 g/mol. The monoisotopic (exact) mass is 467 g/mol. The summed E-state index contributed by atoms with van der Waals surface area (Å²) in [6.07, 6.45) is 0.0770. The van der Waals surface area contributed by atoms with Crippen LogP contribution in [0.2, 0.25) is 0 Å². The van der Waals surface area contributed by atoms with E-state index in [1.54, 1.807) is 39.8 Å². The second kappa shape index (κ2) is 8.56. The molecule has 0 unspecified atom stereocenters. The normalized spacial score (nSPS) is 12.3. The summed E-state index contributed by atoms with van der Waals surface area (Å²) in [6, 6.07) is 4.80. The van der Waals surface area contributed by atoms with Gasteiger partial charge in [0.05, 0.1) is 36.5 Å². The maximum absolute atomic E-state index is 13.0. The van der Waals surface area contributed by atoms with Crippen molar-refractivity contribution in [3.05, 3.63) is 28.9 Å². The molecule has 0 bridgehead atoms. The third kappa shape index (κ3) is 4.89. The molecule has 3 rings (SSSR count). The number of aryl methyl sites for hydroxylation is 1. The van der Waals surface area contributed by atoms with Gasteiger partial charge in [-0.2, -0.15) is 0 Å². The number of fused-ring (bicyclic) bond motifs is 1. The molecule has 2 heterocycles. The molecule has 31 heavy (non-hydrogen) atoms. The number of methoxy groups -OCH3 is 1. The third-order valence-corrected chi connectivity index (χ3v) is 7.20. The van der Waals surface area contributed by atoms with E-state index in [0.29, 0.717) is 21.9 Å². The summed E-state index contributed by atoms with van der Waals surface area (Å²) in [5.74, 6) is -0.560. The lowest BCUT2D eigenvalue weighted by atomic mass is 10.1. The molecule has 2 aromatic heterocycles. The van der Waals surface area contributed by atoms with E-state index in [1.807, 2.05) is 0 Å². The second-order valence-electron chi connectivity index (χ2n) is 7.61. The van der Waals surface area contributed by atoms with E-state index in [9.17, 15) is 18.3 Å². The van der Waals surface area contributed by atoms with Crippen molar-refractivity contribution in [3.63, 3.8) is 0 Å². The summed E-state index contributed by atoms with van der Waals surface area (Å²) < 4.78 is 37.8. The molecule has 0 aliphatic rings. The van der Waals surface area contributed by atoms with Gasteiger partial charge in [0, 0.05) is 5.56 Å². The SMILES string of the molecule is CCOC(=O)c1nn2c(-c3ccc(OC)c(S(=O)(=O)CCC(C)(C)O)c3)c(C)nc2s1. The van der Waals surface area contributed by atoms with Crippen LogP contribution in [-0.2, 0) is 14.6 Å². The Balaban J connectivity index is 2.10. The largest absolute Gasteiger partial charge is 0.495 e. The molecule has 0 aliphatic carbocycles. The molecule has 1 N–H and O–H groups in total. The quantitative estimate of drug-likeness (QED) is 0.502. The Morgan fingerprint density at radius 1 is 1.32 bits per heavy atom. The Hall–Kier alpha value is -2.50. The molecule has 0 saturated carbocycles. The number of carbonyl (C=O) groups is 1. The Morgan fingerprint density at radius 2 is 2.03 bits per heavy atom. The number of imidazole rings is 1. The van der Waals surface area contributed by atoms with Gasteiger partial charge >= 0.3 is 5.97 Å². The summed E-state index contributed by atoms with van der Waals surface area (Å²) in [4.78, 5) is 17.0. The van der Waals surface area contributed by atoms with Gasteiger partial charge in [-0.25, -0.2) is 22.7 Å². The standard InChI is InChI=1S/C20H25N3O6S2/c1-6-29-18(24)17-22-23-16(12(2)21-19(23)30-17)13-7-8-14(28-5)15(11-13)31(26,27)10-9-20(3,4)25/h7-8,11,25H,6,9-10H2,1-5H3. The Labute approximate surface area is 184 Å². The van der Waals surface area contributed by atoms with E-state index in [4.69, 9.17) is 9.47 Å². The number of aromatic nitrogens is 3. The molecule has 0 fully saturated rings. The number of nitrogens with zero attached hydrogens (tertiary/aromatic N) is 3. The highest BCUT2D eigenvalue weighted by Gasteiger charge is 2.26. The van der Waals surface area contributed by atoms with E-state index in [1.165, 1.54) is 17.7 Å². The fraction of sp³-hybridized carbons (Fsp3) is 0.450. The van der Waals surface area contributed by atoms with Gasteiger partial charge in [-0.05, 0) is 52.3 Å². The fourth-order valence-corrected chi connectivity index (χ4v) is 5.61. The van der Waals surface area contributed by atoms with Gasteiger partial charge in [0.1, 0.15) is 10.6 Å². The van der Waals surface area contributed by atoms with Gasteiger partial charge in [-0.15, -0.1) is 5.10 Å². The van der Waals surface area contributed by atoms with Crippen molar-refractivity contribution in [3.8, 4) is 17.0 Å². The average Bonchev–Trinajstić information content (AvgIpc) is 3.22. The number of rotatable bonds is 8. The van der Waals surface area contributed by atoms with Crippen LogP contribution in [0.15, 0.2) is 23.1 Å². The first-order valence-corrected chi connectivity index (χ1v) is 12.1. The highest BCUT2D eigenvalue weighted by Crippen LogP contribution is 2.34. The first kappa shape index (κ1) is 23.2. The molecular formula is C20H25N3O6S2. The zero-order chi connectivity index (χ0) is 23.0. The highest BCUT2D eigenvalue weighted by molar-refractivity contribution is 7.91. The van der Waals surface area contributed by atoms with Crippen molar-refractivity contribution in [2.45, 2.75) is 44.6 Å². The number of carbonyl (C=O) groups excluding carboxylic acids is 1. The smallest absolute Gasteiger partial charge is 0.369 e. The van der Waals surface area contributed by atoms with E-state index < -0.39 is 21.4 Å². The molecule has 11 heteroatoms. The summed E-state index contributed by atoms with van der Waals surface area (Å²) in [5.41, 5.74) is 0.659. The predicted octanol–water partition coefficient (Wildman–Crippen LogP) is 2.89. The summed E-state index contributed by atoms with van der Waals surface area (Å²) in [5, 5.41) is 14.4. The zero-order valence-electron chi connectivity index (χ0n) is 18.0. The van der Waals surface area contributed by atoms with Crippen LogP contribution in [0.25, 0.3) is 16.2 Å². The van der Waals surface area contributed by atoms with Crippen LogP contribution < -0.4 is 4.74 Å². The molecule has 0 radical (unpaired) electrons. The van der Waals surface area contributed by atoms with Crippen molar-refractivity contribution in [2.75, 3.05) is 19.5 Å². The first-order chi connectivity index (χ1) is 14.5. The lowest BCUT2D eigenvalue weighted by Gasteiger charge is -2.17. The molecule has 0 aliphatic heterocycles. The molecule has 0 amide bonds. The summed E-state index contributed by atoms with van der Waals surface area (Å²) >= 11 is 1.10. The van der Waals surface area contributed by atoms with Gasteiger partial charge in [-0.3, -0.25) is 0 Å². The molecule has 0 spiro atoms. The van der Waals surface area contributed by atoms with Crippen molar-refractivity contribution in [2.24, 2.45) is 0 Å². The van der Waals surface area contributed by atoms with E-state index in [0.717, 1.165) is 11.3 Å². The van der Waals surface area contributed by atoms with Crippen LogP contribution in [0, 0.1) is 6.92 Å². The Morgan fingerprint density at radius 3 is 2.65 bits per heavy atom. The van der Waals surface area contributed by atoms with E-state index in [2.05, 4.69) is 10.1 Å². The van der Waals surface area contributed by atoms with Gasteiger partial charge in [-0.1, -0.05) is 11.3 Å². The van der Waals surface area contributed by atoms with E-state index >= 15 is 0 Å². The van der Waals surface area contributed by atoms with Gasteiger partial charge in [0.15, 0.2) is 9.84 Å². The molecule has 0 atom stereocenters. The van der Waals surface area contributed by atoms with Crippen LogP contribution in [0.3, 0.4) is 0 Å². The Bertz CT molecular complexity index is 1220. The van der Waals surface area contributed by atoms with Crippen molar-refractivity contribution in [1.82, 2.24) is 14.6 Å². The number of sulfone groups is 1. The highest BCUT2D eigenvalue weighted by atomic mass is 32.2. The fourth-order valence-electron chi connectivity index (χ4n) is 3.02. The van der Waals surface area contributed by atoms with Crippen LogP contribution in [0.5, 0.6) is 5.75 Å². The van der Waals surface area contributed by atoms with Crippen LogP contribution >= 0.6 is 11.3 Å². The second-order valence-corrected chi connectivity index (χ2v) is 10.6. The topological polar surface area (TPSA) is 120 Å². The minimum absolute atomic E-state index is 0.0203. The molecule has 9 nitrogen and oxygen atoms in total. The molecule has 1 aromatic carbocycles. The maximum atomic E-state index is 13.0. The lowest BCUT2D eigenvalue weighted by molar-refractivity contribution is 0.0524. The number of ether oxygens (including phenoxy) is 2. The van der Waals surface area contributed by atoms with Crippen LogP contribution in [0.1, 0.15) is 42.7 Å². The number of aliphatic hydroxyl groups is 1. The van der Waals surface area contributed by atoms with Crippen LogP contribution in [0.4, 0.5) is 0 Å². The summed E-state index contributed by atoms with van der Waals surface area (Å²) in [6.45, 7) is 6.85. The average molecular weight is 468 g/mol. The molecule has 0 saturated heterocycles. The van der Waals surface area contributed by atoms with Gasteiger partial charge in [0.25, 0.3) is 0 Å². The van der Waals surface area contributed by atoms with Crippen molar-refractivity contribution < 1.29 is 27.8 Å². The summed E-state index contributed by atoms with van der Waals surface area (Å²) in [7, 11) is -2.34. The molecule has 3 aromatic rings. The van der Waals surface area contributed by atoms with E-state index in [-0.39, 0.29) is 34.4 Å². The van der Waals surface area contributed by atoms with Gasteiger partial charge in [0.2, 0.25) is 9.97 Å². The first-order valence-electron chi connectivity index (χ1n) is 9.63. The number of benzene rings is 1. The zero-order valence-corrected chi connectivity index (χ0v) is 19.6.